The van der Waals surface area contributed by atoms with E-state index >= 15 is 0 Å². The third-order valence-electron chi connectivity index (χ3n) is 4.01. The molecule has 0 spiro atoms. The van der Waals surface area contributed by atoms with Gasteiger partial charge in [0.05, 0.1) is 0 Å². The van der Waals surface area contributed by atoms with Gasteiger partial charge in [0.1, 0.15) is 12.4 Å². The summed E-state index contributed by atoms with van der Waals surface area (Å²) in [7, 11) is 0. The summed E-state index contributed by atoms with van der Waals surface area (Å²) < 4.78 is 5.87. The van der Waals surface area contributed by atoms with E-state index in [1.165, 1.54) is 22.3 Å². The maximum absolute atomic E-state index is 5.87. The maximum atomic E-state index is 5.87. The zero-order valence-corrected chi connectivity index (χ0v) is 13.5. The van der Waals surface area contributed by atoms with Crippen LogP contribution in [-0.4, -0.2) is 0 Å². The van der Waals surface area contributed by atoms with Gasteiger partial charge in [-0.25, -0.2) is 0 Å². The third-order valence-corrected chi connectivity index (χ3v) is 4.01. The fourth-order valence-corrected chi connectivity index (χ4v) is 2.57. The van der Waals surface area contributed by atoms with Crippen LogP contribution in [0.3, 0.4) is 0 Å². The molecular weight excluding hydrogens is 280 g/mol. The van der Waals surface area contributed by atoms with Crippen molar-refractivity contribution in [1.29, 1.82) is 0 Å². The number of hydrogen-bond donors (Lipinski definition) is 0. The SMILES string of the molecule is CCc1ccc(COc2ccc(Cc3ccccc3)cc2)cc1. The van der Waals surface area contributed by atoms with Gasteiger partial charge in [-0.3, -0.25) is 0 Å². The summed E-state index contributed by atoms with van der Waals surface area (Å²) in [6.45, 7) is 2.78. The second-order valence-electron chi connectivity index (χ2n) is 5.77. The van der Waals surface area contributed by atoms with E-state index in [1.807, 2.05) is 6.07 Å². The molecule has 1 heteroatoms. The van der Waals surface area contributed by atoms with E-state index in [1.54, 1.807) is 0 Å². The highest BCUT2D eigenvalue weighted by atomic mass is 16.5. The zero-order valence-electron chi connectivity index (χ0n) is 13.5. The molecular formula is C22H22O. The lowest BCUT2D eigenvalue weighted by Crippen LogP contribution is -1.96. The van der Waals surface area contributed by atoms with Crippen LogP contribution in [-0.2, 0) is 19.4 Å². The molecule has 116 valence electrons. The molecule has 0 saturated carbocycles. The van der Waals surface area contributed by atoms with Crippen LogP contribution in [0.15, 0.2) is 78.9 Å². The summed E-state index contributed by atoms with van der Waals surface area (Å²) in [4.78, 5) is 0. The van der Waals surface area contributed by atoms with Gasteiger partial charge in [-0.05, 0) is 47.2 Å². The standard InChI is InChI=1S/C22H22O/c1-2-18-8-10-21(11-9-18)17-23-22-14-12-20(13-15-22)16-19-6-4-3-5-7-19/h3-15H,2,16-17H2,1H3. The minimum Gasteiger partial charge on any atom is -0.489 e. The Bertz CT molecular complexity index is 712. The minimum absolute atomic E-state index is 0.613. The summed E-state index contributed by atoms with van der Waals surface area (Å²) in [5.41, 5.74) is 5.20. The summed E-state index contributed by atoms with van der Waals surface area (Å²) in [6, 6.07) is 27.5. The maximum Gasteiger partial charge on any atom is 0.119 e. The van der Waals surface area contributed by atoms with Gasteiger partial charge in [-0.15, -0.1) is 0 Å². The predicted molar refractivity (Wildman–Crippen MR) is 95.8 cm³/mol. The van der Waals surface area contributed by atoms with Gasteiger partial charge in [0.25, 0.3) is 0 Å². The largest absolute Gasteiger partial charge is 0.489 e. The first-order valence-electron chi connectivity index (χ1n) is 8.17. The number of benzene rings is 3. The van der Waals surface area contributed by atoms with E-state index in [2.05, 4.69) is 79.7 Å². The highest BCUT2D eigenvalue weighted by molar-refractivity contribution is 5.32. The van der Waals surface area contributed by atoms with Crippen LogP contribution in [0.5, 0.6) is 5.75 Å². The van der Waals surface area contributed by atoms with Crippen molar-refractivity contribution in [2.75, 3.05) is 0 Å². The van der Waals surface area contributed by atoms with Crippen LogP contribution in [0.4, 0.5) is 0 Å². The predicted octanol–water partition coefficient (Wildman–Crippen LogP) is 5.42. The van der Waals surface area contributed by atoms with Crippen molar-refractivity contribution in [3.8, 4) is 5.75 Å². The Morgan fingerprint density at radius 3 is 1.83 bits per heavy atom. The fraction of sp³-hybridized carbons (Fsp3) is 0.182. The van der Waals surface area contributed by atoms with Crippen molar-refractivity contribution >= 4 is 0 Å². The van der Waals surface area contributed by atoms with E-state index in [0.29, 0.717) is 6.61 Å². The van der Waals surface area contributed by atoms with E-state index in [4.69, 9.17) is 4.74 Å². The Kier molecular flexibility index (Phi) is 5.10. The molecule has 0 heterocycles. The first-order chi connectivity index (χ1) is 11.3. The van der Waals surface area contributed by atoms with Crippen molar-refractivity contribution in [3.63, 3.8) is 0 Å². The van der Waals surface area contributed by atoms with Gasteiger partial charge < -0.3 is 4.74 Å². The van der Waals surface area contributed by atoms with E-state index in [9.17, 15) is 0 Å². The Morgan fingerprint density at radius 2 is 1.17 bits per heavy atom. The first-order valence-corrected chi connectivity index (χ1v) is 8.17. The van der Waals surface area contributed by atoms with Gasteiger partial charge in [-0.2, -0.15) is 0 Å². The molecule has 0 amide bonds. The number of hydrogen-bond acceptors (Lipinski definition) is 1. The molecule has 0 aliphatic rings. The summed E-state index contributed by atoms with van der Waals surface area (Å²) in [6.07, 6.45) is 2.03. The van der Waals surface area contributed by atoms with Crippen molar-refractivity contribution in [2.45, 2.75) is 26.4 Å². The molecule has 23 heavy (non-hydrogen) atoms. The average molecular weight is 302 g/mol. The molecule has 0 fully saturated rings. The second-order valence-corrected chi connectivity index (χ2v) is 5.77. The lowest BCUT2D eigenvalue weighted by atomic mass is 10.1. The van der Waals surface area contributed by atoms with Crippen LogP contribution < -0.4 is 4.74 Å². The molecule has 3 aromatic rings. The lowest BCUT2D eigenvalue weighted by molar-refractivity contribution is 0.306. The molecule has 0 aromatic heterocycles. The smallest absolute Gasteiger partial charge is 0.119 e. The molecule has 0 aliphatic carbocycles. The average Bonchev–Trinajstić information content (AvgIpc) is 2.62. The molecule has 0 bridgehead atoms. The van der Waals surface area contributed by atoms with Gasteiger partial charge in [0.15, 0.2) is 0 Å². The fourth-order valence-electron chi connectivity index (χ4n) is 2.57. The van der Waals surface area contributed by atoms with Crippen LogP contribution >= 0.6 is 0 Å². The number of ether oxygens (including phenoxy) is 1. The highest BCUT2D eigenvalue weighted by Gasteiger charge is 1.99. The van der Waals surface area contributed by atoms with Crippen molar-refractivity contribution in [3.05, 3.63) is 101 Å². The number of aryl methyl sites for hydroxylation is 1. The van der Waals surface area contributed by atoms with Crippen LogP contribution in [0.2, 0.25) is 0 Å². The van der Waals surface area contributed by atoms with Gasteiger partial charge in [0.2, 0.25) is 0 Å². The van der Waals surface area contributed by atoms with Crippen LogP contribution in [0, 0.1) is 0 Å². The van der Waals surface area contributed by atoms with Gasteiger partial charge in [-0.1, -0.05) is 73.7 Å². The van der Waals surface area contributed by atoms with E-state index in [0.717, 1.165) is 18.6 Å². The van der Waals surface area contributed by atoms with Crippen LogP contribution in [0.1, 0.15) is 29.2 Å². The quantitative estimate of drug-likeness (QED) is 0.591. The summed E-state index contributed by atoms with van der Waals surface area (Å²) in [5.74, 6) is 0.918. The minimum atomic E-state index is 0.613. The molecule has 0 unspecified atom stereocenters. The van der Waals surface area contributed by atoms with Gasteiger partial charge >= 0.3 is 0 Å². The lowest BCUT2D eigenvalue weighted by Gasteiger charge is -2.08. The zero-order chi connectivity index (χ0) is 15.9. The summed E-state index contributed by atoms with van der Waals surface area (Å²) in [5, 5.41) is 0. The normalized spacial score (nSPS) is 10.5. The van der Waals surface area contributed by atoms with Crippen molar-refractivity contribution < 1.29 is 4.74 Å². The molecule has 3 rings (SSSR count). The van der Waals surface area contributed by atoms with Crippen LogP contribution in [0.25, 0.3) is 0 Å². The molecule has 0 N–H and O–H groups in total. The van der Waals surface area contributed by atoms with E-state index < -0.39 is 0 Å². The molecule has 0 atom stereocenters. The highest BCUT2D eigenvalue weighted by Crippen LogP contribution is 2.17. The monoisotopic (exact) mass is 302 g/mol. The Balaban J connectivity index is 1.56. The van der Waals surface area contributed by atoms with E-state index in [-0.39, 0.29) is 0 Å². The summed E-state index contributed by atoms with van der Waals surface area (Å²) >= 11 is 0. The third kappa shape index (κ3) is 4.46. The molecule has 1 nitrogen and oxygen atoms in total. The van der Waals surface area contributed by atoms with Gasteiger partial charge in [0, 0.05) is 0 Å². The first kappa shape index (κ1) is 15.4. The molecule has 0 radical (unpaired) electrons. The molecule has 0 saturated heterocycles. The number of rotatable bonds is 6. The Labute approximate surface area is 138 Å². The second kappa shape index (κ2) is 7.64. The van der Waals surface area contributed by atoms with Crippen molar-refractivity contribution in [2.24, 2.45) is 0 Å². The molecule has 0 aliphatic heterocycles. The Hall–Kier alpha value is -2.54. The van der Waals surface area contributed by atoms with Crippen molar-refractivity contribution in [1.82, 2.24) is 0 Å². The molecule has 3 aromatic carbocycles. The Morgan fingerprint density at radius 1 is 0.609 bits per heavy atom. The topological polar surface area (TPSA) is 9.23 Å².